The van der Waals surface area contributed by atoms with Crippen molar-refractivity contribution in [1.82, 2.24) is 4.98 Å². The van der Waals surface area contributed by atoms with E-state index in [1.54, 1.807) is 0 Å². The number of carbonyl (C=O) groups is 1. The van der Waals surface area contributed by atoms with Gasteiger partial charge in [-0.25, -0.2) is 4.98 Å². The number of nitrogen functional groups attached to an aromatic ring is 1. The van der Waals surface area contributed by atoms with Crippen molar-refractivity contribution in [2.75, 3.05) is 22.9 Å². The molecule has 21 heavy (non-hydrogen) atoms. The number of aromatic nitrogens is 1. The van der Waals surface area contributed by atoms with Crippen LogP contribution in [0.1, 0.15) is 34.1 Å². The molecule has 0 fully saturated rings. The van der Waals surface area contributed by atoms with Crippen molar-refractivity contribution in [2.24, 2.45) is 0 Å². The van der Waals surface area contributed by atoms with Crippen LogP contribution in [0.3, 0.4) is 0 Å². The van der Waals surface area contributed by atoms with E-state index in [2.05, 4.69) is 22.5 Å². The van der Waals surface area contributed by atoms with Gasteiger partial charge in [0.25, 0.3) is 5.91 Å². The van der Waals surface area contributed by atoms with E-state index >= 15 is 0 Å². The molecule has 2 aromatic rings. The molecule has 1 aromatic carbocycles. The van der Waals surface area contributed by atoms with Crippen LogP contribution in [0.4, 0.5) is 16.6 Å². The zero-order valence-corrected chi connectivity index (χ0v) is 13.3. The second-order valence-corrected chi connectivity index (χ2v) is 5.86. The fourth-order valence-corrected chi connectivity index (χ4v) is 2.67. The number of rotatable bonds is 5. The molecule has 0 unspecified atom stereocenters. The maximum Gasteiger partial charge on any atom is 0.269 e. The van der Waals surface area contributed by atoms with E-state index in [1.165, 1.54) is 11.3 Å². The number of amides is 1. The number of aryl methyl sites for hydroxylation is 1. The molecule has 0 aliphatic heterocycles. The minimum Gasteiger partial charge on any atom is -0.382 e. The number of nitrogens with zero attached hydrogens (tertiary/aromatic N) is 1. The third-order valence-corrected chi connectivity index (χ3v) is 4.27. The van der Waals surface area contributed by atoms with Gasteiger partial charge in [0.15, 0.2) is 5.13 Å². The third-order valence-electron chi connectivity index (χ3n) is 3.24. The predicted octanol–water partition coefficient (Wildman–Crippen LogP) is 3.42. The predicted molar refractivity (Wildman–Crippen MR) is 89.2 cm³/mol. The molecule has 5 nitrogen and oxygen atoms in total. The van der Waals surface area contributed by atoms with Crippen LogP contribution in [0.5, 0.6) is 0 Å². The summed E-state index contributed by atoms with van der Waals surface area (Å²) in [5.74, 6) is 0.0460. The van der Waals surface area contributed by atoms with E-state index in [1.807, 2.05) is 32.0 Å². The first-order chi connectivity index (χ1) is 10.0. The van der Waals surface area contributed by atoms with Crippen molar-refractivity contribution in [3.05, 3.63) is 34.2 Å². The normalized spacial score (nSPS) is 10.4. The van der Waals surface area contributed by atoms with Gasteiger partial charge in [0.05, 0.1) is 0 Å². The lowest BCUT2D eigenvalue weighted by Gasteiger charge is -2.09. The Labute approximate surface area is 128 Å². The average molecular weight is 304 g/mol. The molecule has 1 heterocycles. The highest BCUT2D eigenvalue weighted by Gasteiger charge is 2.17. The van der Waals surface area contributed by atoms with E-state index in [0.717, 1.165) is 29.8 Å². The van der Waals surface area contributed by atoms with Gasteiger partial charge in [0.1, 0.15) is 10.7 Å². The summed E-state index contributed by atoms with van der Waals surface area (Å²) < 4.78 is 0. The Bertz CT molecular complexity index is 651. The summed E-state index contributed by atoms with van der Waals surface area (Å²) in [6.07, 6.45) is 0.990. The molecule has 0 aliphatic carbocycles. The zero-order valence-electron chi connectivity index (χ0n) is 12.5. The minimum absolute atomic E-state index is 0.219. The van der Waals surface area contributed by atoms with Crippen LogP contribution in [0, 0.1) is 13.8 Å². The van der Waals surface area contributed by atoms with Crippen LogP contribution in [-0.4, -0.2) is 17.4 Å². The van der Waals surface area contributed by atoms with E-state index in [-0.39, 0.29) is 11.7 Å². The smallest absolute Gasteiger partial charge is 0.269 e. The van der Waals surface area contributed by atoms with Gasteiger partial charge < -0.3 is 16.4 Å². The van der Waals surface area contributed by atoms with E-state index in [0.29, 0.717) is 10.0 Å². The number of anilines is 3. The van der Waals surface area contributed by atoms with Crippen molar-refractivity contribution in [3.8, 4) is 0 Å². The van der Waals surface area contributed by atoms with Crippen molar-refractivity contribution >= 4 is 33.9 Å². The molecule has 0 aliphatic rings. The molecule has 6 heteroatoms. The lowest BCUT2D eigenvalue weighted by Crippen LogP contribution is -2.13. The first kappa shape index (κ1) is 15.3. The number of thiazole rings is 1. The second kappa shape index (κ2) is 6.58. The van der Waals surface area contributed by atoms with Gasteiger partial charge in [0.2, 0.25) is 0 Å². The van der Waals surface area contributed by atoms with E-state index < -0.39 is 0 Å². The maximum absolute atomic E-state index is 12.3. The summed E-state index contributed by atoms with van der Waals surface area (Å²) in [5.41, 5.74) is 8.82. The average Bonchev–Trinajstić information content (AvgIpc) is 2.83. The van der Waals surface area contributed by atoms with Crippen molar-refractivity contribution in [1.29, 1.82) is 0 Å². The summed E-state index contributed by atoms with van der Waals surface area (Å²) in [7, 11) is 0. The Kier molecular flexibility index (Phi) is 4.80. The second-order valence-electron chi connectivity index (χ2n) is 4.86. The van der Waals surface area contributed by atoms with Crippen molar-refractivity contribution in [2.45, 2.75) is 27.2 Å². The van der Waals surface area contributed by atoms with Crippen molar-refractivity contribution < 1.29 is 4.79 Å². The quantitative estimate of drug-likeness (QED) is 0.790. The molecule has 4 N–H and O–H groups in total. The molecule has 0 radical (unpaired) electrons. The summed E-state index contributed by atoms with van der Waals surface area (Å²) in [5, 5.41) is 6.72. The molecule has 0 bridgehead atoms. The SMILES string of the molecule is CCCNc1nc(N)c(C(=O)Nc2cccc(C)c2C)s1. The lowest BCUT2D eigenvalue weighted by molar-refractivity contribution is 0.103. The Morgan fingerprint density at radius 2 is 2.14 bits per heavy atom. The van der Waals surface area contributed by atoms with Gasteiger partial charge in [-0.3, -0.25) is 4.79 Å². The molecule has 1 amide bonds. The number of nitrogens with two attached hydrogens (primary N) is 1. The highest BCUT2D eigenvalue weighted by Crippen LogP contribution is 2.27. The van der Waals surface area contributed by atoms with Crippen LogP contribution in [0.25, 0.3) is 0 Å². The Hall–Kier alpha value is -2.08. The standard InChI is InChI=1S/C15H20N4OS/c1-4-8-17-15-19-13(16)12(21-15)14(20)18-11-7-5-6-9(2)10(11)3/h5-7H,4,8,16H2,1-3H3,(H,17,19)(H,18,20). The maximum atomic E-state index is 12.3. The van der Waals surface area contributed by atoms with Crippen molar-refractivity contribution in [3.63, 3.8) is 0 Å². The Morgan fingerprint density at radius 3 is 2.86 bits per heavy atom. The molecular formula is C15H20N4OS. The number of nitrogens with one attached hydrogen (secondary N) is 2. The van der Waals surface area contributed by atoms with Gasteiger partial charge in [0, 0.05) is 12.2 Å². The Balaban J connectivity index is 2.16. The molecule has 112 valence electrons. The molecule has 0 atom stereocenters. The van der Waals surface area contributed by atoms with E-state index in [9.17, 15) is 4.79 Å². The first-order valence-corrected chi connectivity index (χ1v) is 7.72. The molecular weight excluding hydrogens is 284 g/mol. The Morgan fingerprint density at radius 1 is 1.38 bits per heavy atom. The minimum atomic E-state index is -0.219. The zero-order chi connectivity index (χ0) is 15.4. The monoisotopic (exact) mass is 304 g/mol. The highest BCUT2D eigenvalue weighted by atomic mass is 32.1. The number of hydrogen-bond acceptors (Lipinski definition) is 5. The first-order valence-electron chi connectivity index (χ1n) is 6.90. The van der Waals surface area contributed by atoms with Crippen LogP contribution in [0.15, 0.2) is 18.2 Å². The van der Waals surface area contributed by atoms with Gasteiger partial charge in [-0.2, -0.15) is 0 Å². The van der Waals surface area contributed by atoms with Gasteiger partial charge in [-0.05, 0) is 37.5 Å². The van der Waals surface area contributed by atoms with Gasteiger partial charge in [-0.1, -0.05) is 30.4 Å². The highest BCUT2D eigenvalue weighted by molar-refractivity contribution is 7.18. The molecule has 0 spiro atoms. The number of hydrogen-bond donors (Lipinski definition) is 3. The van der Waals surface area contributed by atoms with E-state index in [4.69, 9.17) is 5.73 Å². The molecule has 1 aromatic heterocycles. The fourth-order valence-electron chi connectivity index (χ4n) is 1.87. The number of carbonyl (C=O) groups excluding carboxylic acids is 1. The molecule has 2 rings (SSSR count). The fraction of sp³-hybridized carbons (Fsp3) is 0.333. The topological polar surface area (TPSA) is 80.0 Å². The summed E-state index contributed by atoms with van der Waals surface area (Å²) in [6.45, 7) is 6.87. The van der Waals surface area contributed by atoms with Gasteiger partial charge in [-0.15, -0.1) is 0 Å². The summed E-state index contributed by atoms with van der Waals surface area (Å²) >= 11 is 1.28. The summed E-state index contributed by atoms with van der Waals surface area (Å²) in [6, 6.07) is 5.81. The van der Waals surface area contributed by atoms with Crippen LogP contribution < -0.4 is 16.4 Å². The van der Waals surface area contributed by atoms with Crippen LogP contribution >= 0.6 is 11.3 Å². The third kappa shape index (κ3) is 3.52. The lowest BCUT2D eigenvalue weighted by atomic mass is 10.1. The van der Waals surface area contributed by atoms with Gasteiger partial charge >= 0.3 is 0 Å². The molecule has 0 saturated heterocycles. The summed E-state index contributed by atoms with van der Waals surface area (Å²) in [4.78, 5) is 17.0. The molecule has 0 saturated carbocycles. The van der Waals surface area contributed by atoms with Crippen LogP contribution in [-0.2, 0) is 0 Å². The van der Waals surface area contributed by atoms with Crippen LogP contribution in [0.2, 0.25) is 0 Å². The largest absolute Gasteiger partial charge is 0.382 e. The number of benzene rings is 1.